The molecule has 3 aromatic rings. The smallest absolute Gasteiger partial charge is 0.256 e. The molecular weight excluding hydrogens is 530 g/mol. The van der Waals surface area contributed by atoms with Crippen LogP contribution in [0, 0.1) is 3.57 Å². The van der Waals surface area contributed by atoms with Crippen LogP contribution in [0.15, 0.2) is 30.6 Å². The fourth-order valence-electron chi connectivity index (χ4n) is 3.17. The second-order valence-electron chi connectivity index (χ2n) is 6.51. The van der Waals surface area contributed by atoms with Crippen LogP contribution in [0.25, 0.3) is 11.2 Å². The largest absolute Gasteiger partial charge is 0.357 e. The molecule has 156 valence electrons. The number of amides is 2. The maximum atomic E-state index is 14.6. The molecule has 4 rings (SSSR count). The summed E-state index contributed by atoms with van der Waals surface area (Å²) >= 11 is 8.14. The van der Waals surface area contributed by atoms with Crippen molar-refractivity contribution in [3.05, 3.63) is 45.0 Å². The molecule has 1 aromatic carbocycles. The third-order valence-corrected chi connectivity index (χ3v) is 5.42. The number of aromatic nitrogens is 4. The first-order valence-electron chi connectivity index (χ1n) is 8.85. The Hall–Kier alpha value is -2.38. The molecule has 3 atom stereocenters. The van der Waals surface area contributed by atoms with Crippen molar-refractivity contribution in [2.45, 2.75) is 24.9 Å². The summed E-state index contributed by atoms with van der Waals surface area (Å²) in [5.74, 6) is -0.731. The maximum absolute atomic E-state index is 14.6. The van der Waals surface area contributed by atoms with Crippen LogP contribution in [0.1, 0.15) is 23.0 Å². The summed E-state index contributed by atoms with van der Waals surface area (Å²) < 4.78 is 22.4. The van der Waals surface area contributed by atoms with Crippen molar-refractivity contribution in [1.82, 2.24) is 24.8 Å². The van der Waals surface area contributed by atoms with E-state index in [2.05, 4.69) is 48.2 Å². The minimum Gasteiger partial charge on any atom is -0.357 e. The van der Waals surface area contributed by atoms with Crippen molar-refractivity contribution in [2.75, 3.05) is 12.4 Å². The number of imidazole rings is 1. The zero-order valence-electron chi connectivity index (χ0n) is 15.5. The molecule has 0 saturated carbocycles. The number of hydrogen-bond acceptors (Lipinski definition) is 6. The molecular formula is C18H15ClFIN6O3. The molecule has 0 radical (unpaired) electrons. The molecule has 1 aliphatic rings. The number of rotatable bonds is 4. The summed E-state index contributed by atoms with van der Waals surface area (Å²) in [4.78, 5) is 36.8. The number of ether oxygens (including phenoxy) is 1. The van der Waals surface area contributed by atoms with Gasteiger partial charge in [-0.05, 0) is 52.4 Å². The second-order valence-corrected chi connectivity index (χ2v) is 8.09. The topological polar surface area (TPSA) is 111 Å². The van der Waals surface area contributed by atoms with Gasteiger partial charge in [-0.3, -0.25) is 14.2 Å². The van der Waals surface area contributed by atoms with Gasteiger partial charge in [0.15, 0.2) is 23.2 Å². The van der Waals surface area contributed by atoms with E-state index in [0.29, 0.717) is 5.56 Å². The molecule has 2 amide bonds. The van der Waals surface area contributed by atoms with Crippen LogP contribution in [-0.2, 0) is 9.53 Å². The van der Waals surface area contributed by atoms with Crippen LogP contribution < -0.4 is 10.6 Å². The van der Waals surface area contributed by atoms with E-state index in [4.69, 9.17) is 16.3 Å². The van der Waals surface area contributed by atoms with E-state index in [1.807, 2.05) is 6.07 Å². The van der Waals surface area contributed by atoms with Gasteiger partial charge in [0.25, 0.3) is 5.91 Å². The van der Waals surface area contributed by atoms with Gasteiger partial charge >= 0.3 is 0 Å². The van der Waals surface area contributed by atoms with E-state index in [1.54, 1.807) is 18.2 Å². The lowest BCUT2D eigenvalue weighted by Gasteiger charge is -2.15. The Morgan fingerprint density at radius 3 is 2.90 bits per heavy atom. The molecule has 12 heteroatoms. The number of likely N-dealkylation sites (N-methyl/N-ethyl adjacent to an activating group) is 1. The number of carbonyl (C=O) groups is 2. The molecule has 1 aliphatic heterocycles. The van der Waals surface area contributed by atoms with Gasteiger partial charge in [-0.25, -0.2) is 9.37 Å². The average molecular weight is 545 g/mol. The lowest BCUT2D eigenvalue weighted by Crippen LogP contribution is -2.31. The van der Waals surface area contributed by atoms with Crippen molar-refractivity contribution >= 4 is 63.0 Å². The first kappa shape index (κ1) is 20.9. The van der Waals surface area contributed by atoms with Crippen LogP contribution in [0.3, 0.4) is 0 Å². The lowest BCUT2D eigenvalue weighted by molar-refractivity contribution is -0.133. The molecule has 1 saturated heterocycles. The van der Waals surface area contributed by atoms with E-state index >= 15 is 0 Å². The molecule has 3 heterocycles. The van der Waals surface area contributed by atoms with Crippen LogP contribution in [0.2, 0.25) is 5.28 Å². The Kier molecular flexibility index (Phi) is 5.84. The number of nitrogens with zero attached hydrogens (tertiary/aromatic N) is 4. The SMILES string of the molecule is CNC(=O)C1CC(F)C(n2cnc3c(NC(=O)c4cccc(I)c4)nc(Cl)nc32)O1. The number of nitrogens with one attached hydrogen (secondary N) is 2. The second kappa shape index (κ2) is 8.40. The summed E-state index contributed by atoms with van der Waals surface area (Å²) in [6.45, 7) is 0. The van der Waals surface area contributed by atoms with Crippen LogP contribution >= 0.6 is 34.2 Å². The lowest BCUT2D eigenvalue weighted by atomic mass is 10.2. The predicted octanol–water partition coefficient (Wildman–Crippen LogP) is 2.71. The minimum atomic E-state index is -1.46. The van der Waals surface area contributed by atoms with E-state index < -0.39 is 30.3 Å². The Morgan fingerprint density at radius 1 is 1.37 bits per heavy atom. The summed E-state index contributed by atoms with van der Waals surface area (Å²) in [7, 11) is 1.45. The summed E-state index contributed by atoms with van der Waals surface area (Å²) in [6.07, 6.45) is -2.27. The first-order valence-corrected chi connectivity index (χ1v) is 10.3. The van der Waals surface area contributed by atoms with Crippen LogP contribution in [0.5, 0.6) is 0 Å². The minimum absolute atomic E-state index is 0.0869. The molecule has 9 nitrogen and oxygen atoms in total. The standard InChI is InChI=1S/C18H15ClFIN6O3/c1-22-16(29)11-6-10(20)17(30-11)27-7-23-12-13(25-18(19)26-14(12)27)24-15(28)8-3-2-4-9(21)5-8/h2-5,7,10-11,17H,6H2,1H3,(H,22,29)(H,24,25,26,28). The quantitative estimate of drug-likeness (QED) is 0.386. The van der Waals surface area contributed by atoms with Gasteiger partial charge in [0.1, 0.15) is 12.3 Å². The van der Waals surface area contributed by atoms with E-state index in [-0.39, 0.29) is 28.7 Å². The number of benzene rings is 1. The number of anilines is 1. The monoisotopic (exact) mass is 544 g/mol. The van der Waals surface area contributed by atoms with E-state index in [0.717, 1.165) is 3.57 Å². The van der Waals surface area contributed by atoms with Gasteiger partial charge in [0.05, 0.1) is 6.33 Å². The van der Waals surface area contributed by atoms with Crippen molar-refractivity contribution in [1.29, 1.82) is 0 Å². The summed E-state index contributed by atoms with van der Waals surface area (Å²) in [5.41, 5.74) is 0.830. The van der Waals surface area contributed by atoms with Gasteiger partial charge < -0.3 is 15.4 Å². The molecule has 0 spiro atoms. The number of hydrogen-bond donors (Lipinski definition) is 2. The van der Waals surface area contributed by atoms with Crippen molar-refractivity contribution in [3.63, 3.8) is 0 Å². The first-order chi connectivity index (χ1) is 14.4. The molecule has 2 aromatic heterocycles. The molecule has 0 bridgehead atoms. The highest BCUT2D eigenvalue weighted by Crippen LogP contribution is 2.34. The van der Waals surface area contributed by atoms with Gasteiger partial charge in [-0.1, -0.05) is 6.07 Å². The van der Waals surface area contributed by atoms with Gasteiger partial charge in [0.2, 0.25) is 11.2 Å². The average Bonchev–Trinajstić information content (AvgIpc) is 3.30. The highest BCUT2D eigenvalue weighted by molar-refractivity contribution is 14.1. The van der Waals surface area contributed by atoms with Crippen molar-refractivity contribution in [2.24, 2.45) is 0 Å². The normalized spacial score (nSPS) is 21.0. The fourth-order valence-corrected chi connectivity index (χ4v) is 3.88. The van der Waals surface area contributed by atoms with Gasteiger partial charge in [0, 0.05) is 22.6 Å². The summed E-state index contributed by atoms with van der Waals surface area (Å²) in [6, 6.07) is 7.00. The van der Waals surface area contributed by atoms with Gasteiger partial charge in [-0.2, -0.15) is 9.97 Å². The Bertz CT molecular complexity index is 1140. The molecule has 3 unspecified atom stereocenters. The number of fused-ring (bicyclic) bond motifs is 1. The van der Waals surface area contributed by atoms with E-state index in [9.17, 15) is 14.0 Å². The zero-order chi connectivity index (χ0) is 21.4. The number of halogens is 3. The number of carbonyl (C=O) groups excluding carboxylic acids is 2. The fraction of sp³-hybridized carbons (Fsp3) is 0.278. The van der Waals surface area contributed by atoms with Crippen molar-refractivity contribution in [3.8, 4) is 0 Å². The van der Waals surface area contributed by atoms with Gasteiger partial charge in [-0.15, -0.1) is 0 Å². The molecule has 0 aliphatic carbocycles. The summed E-state index contributed by atoms with van der Waals surface area (Å²) in [5, 5.41) is 4.95. The number of alkyl halides is 1. The van der Waals surface area contributed by atoms with Crippen LogP contribution in [-0.4, -0.2) is 50.7 Å². The Balaban J connectivity index is 1.67. The third kappa shape index (κ3) is 3.96. The third-order valence-electron chi connectivity index (χ3n) is 4.58. The van der Waals surface area contributed by atoms with Crippen LogP contribution in [0.4, 0.5) is 10.2 Å². The maximum Gasteiger partial charge on any atom is 0.256 e. The molecule has 2 N–H and O–H groups in total. The van der Waals surface area contributed by atoms with Crippen molar-refractivity contribution < 1.29 is 18.7 Å². The Labute approximate surface area is 188 Å². The molecule has 1 fully saturated rings. The Morgan fingerprint density at radius 2 is 2.17 bits per heavy atom. The van der Waals surface area contributed by atoms with E-state index in [1.165, 1.54) is 17.9 Å². The highest BCUT2D eigenvalue weighted by Gasteiger charge is 2.41. The zero-order valence-corrected chi connectivity index (χ0v) is 18.4. The highest BCUT2D eigenvalue weighted by atomic mass is 127. The molecule has 30 heavy (non-hydrogen) atoms. The predicted molar refractivity (Wildman–Crippen MR) is 115 cm³/mol.